The maximum absolute atomic E-state index is 12.3. The van der Waals surface area contributed by atoms with Crippen LogP contribution < -0.4 is 11.1 Å². The minimum atomic E-state index is -0.465. The number of carbonyl (C=O) groups excluding carboxylic acids is 2. The van der Waals surface area contributed by atoms with Gasteiger partial charge in [0.25, 0.3) is 0 Å². The summed E-state index contributed by atoms with van der Waals surface area (Å²) in [6, 6.07) is 10.7. The minimum absolute atomic E-state index is 0.181. The summed E-state index contributed by atoms with van der Waals surface area (Å²) in [6.45, 7) is 3.63. The van der Waals surface area contributed by atoms with Crippen molar-refractivity contribution < 1.29 is 18.7 Å². The molecule has 1 aromatic carbocycles. The van der Waals surface area contributed by atoms with Crippen molar-refractivity contribution in [3.05, 3.63) is 59.0 Å². The Morgan fingerprint density at radius 2 is 1.96 bits per heavy atom. The Kier molecular flexibility index (Phi) is 5.76. The Bertz CT molecular complexity index is 709. The second-order valence-corrected chi connectivity index (χ2v) is 5.62. The van der Waals surface area contributed by atoms with Crippen molar-refractivity contribution >= 4 is 11.9 Å². The molecule has 0 fully saturated rings. The number of hydrogen-bond donors (Lipinski definition) is 2. The fraction of sp³-hybridized carbons (Fsp3) is 0.333. The molecular weight excluding hydrogens is 308 g/mol. The van der Waals surface area contributed by atoms with Crippen molar-refractivity contribution in [3.8, 4) is 0 Å². The van der Waals surface area contributed by atoms with Gasteiger partial charge in [0.05, 0.1) is 19.6 Å². The zero-order valence-electron chi connectivity index (χ0n) is 14.0. The Morgan fingerprint density at radius 3 is 2.58 bits per heavy atom. The molecule has 6 nitrogen and oxygen atoms in total. The van der Waals surface area contributed by atoms with Gasteiger partial charge < -0.3 is 20.2 Å². The highest BCUT2D eigenvalue weighted by Gasteiger charge is 2.22. The van der Waals surface area contributed by atoms with Gasteiger partial charge in [-0.05, 0) is 18.6 Å². The molecule has 2 atom stereocenters. The smallest absolute Gasteiger partial charge is 0.341 e. The number of hydrogen-bond acceptors (Lipinski definition) is 5. The molecule has 1 amide bonds. The lowest BCUT2D eigenvalue weighted by Gasteiger charge is -2.19. The highest BCUT2D eigenvalue weighted by atomic mass is 16.5. The summed E-state index contributed by atoms with van der Waals surface area (Å²) in [5, 5.41) is 2.78. The van der Waals surface area contributed by atoms with Crippen molar-refractivity contribution in [1.82, 2.24) is 5.32 Å². The summed E-state index contributed by atoms with van der Waals surface area (Å²) in [4.78, 5) is 23.8. The molecule has 3 N–H and O–H groups in total. The Morgan fingerprint density at radius 1 is 1.29 bits per heavy atom. The molecule has 0 aliphatic heterocycles. The Balaban J connectivity index is 1.96. The van der Waals surface area contributed by atoms with Crippen LogP contribution in [0, 0.1) is 12.8 Å². The Hall–Kier alpha value is -2.60. The van der Waals surface area contributed by atoms with Crippen molar-refractivity contribution in [2.24, 2.45) is 11.7 Å². The van der Waals surface area contributed by atoms with Crippen LogP contribution in [0.4, 0.5) is 0 Å². The SMILES string of the molecule is COC(=O)c1cc(CNC(=O)C(C)C(N)c2ccccc2)oc1C. The van der Waals surface area contributed by atoms with Crippen LogP contribution in [0.3, 0.4) is 0 Å². The predicted octanol–water partition coefficient (Wildman–Crippen LogP) is 2.33. The normalized spacial score (nSPS) is 13.2. The summed E-state index contributed by atoms with van der Waals surface area (Å²) >= 11 is 0. The first-order chi connectivity index (χ1) is 11.4. The topological polar surface area (TPSA) is 94.6 Å². The van der Waals surface area contributed by atoms with Crippen LogP contribution >= 0.6 is 0 Å². The van der Waals surface area contributed by atoms with Gasteiger partial charge in [0.2, 0.25) is 5.91 Å². The number of nitrogens with two attached hydrogens (primary N) is 1. The van der Waals surface area contributed by atoms with Crippen LogP contribution in [0.25, 0.3) is 0 Å². The fourth-order valence-electron chi connectivity index (χ4n) is 2.41. The number of methoxy groups -OCH3 is 1. The van der Waals surface area contributed by atoms with E-state index in [4.69, 9.17) is 10.2 Å². The van der Waals surface area contributed by atoms with E-state index in [1.807, 2.05) is 30.3 Å². The van der Waals surface area contributed by atoms with Crippen LogP contribution in [0.5, 0.6) is 0 Å². The van der Waals surface area contributed by atoms with E-state index in [0.29, 0.717) is 17.1 Å². The van der Waals surface area contributed by atoms with E-state index < -0.39 is 17.9 Å². The van der Waals surface area contributed by atoms with Crippen molar-refractivity contribution in [2.45, 2.75) is 26.4 Å². The van der Waals surface area contributed by atoms with Gasteiger partial charge in [0.15, 0.2) is 0 Å². The number of amides is 1. The predicted molar refractivity (Wildman–Crippen MR) is 89.2 cm³/mol. The lowest BCUT2D eigenvalue weighted by molar-refractivity contribution is -0.125. The zero-order chi connectivity index (χ0) is 17.7. The number of furan rings is 1. The number of rotatable bonds is 6. The van der Waals surface area contributed by atoms with Crippen molar-refractivity contribution in [1.29, 1.82) is 0 Å². The van der Waals surface area contributed by atoms with E-state index in [1.165, 1.54) is 7.11 Å². The largest absolute Gasteiger partial charge is 0.465 e. The van der Waals surface area contributed by atoms with Gasteiger partial charge in [-0.15, -0.1) is 0 Å². The van der Waals surface area contributed by atoms with Crippen LogP contribution in [0.2, 0.25) is 0 Å². The summed E-state index contributed by atoms with van der Waals surface area (Å²) < 4.78 is 10.1. The fourth-order valence-corrected chi connectivity index (χ4v) is 2.41. The molecular formula is C18H22N2O4. The molecule has 2 rings (SSSR count). The number of esters is 1. The summed E-state index contributed by atoms with van der Waals surface area (Å²) in [5.74, 6) is -0.0984. The molecule has 0 aliphatic rings. The number of carbonyl (C=O) groups is 2. The van der Waals surface area contributed by atoms with E-state index in [9.17, 15) is 9.59 Å². The van der Waals surface area contributed by atoms with Crippen LogP contribution in [0.15, 0.2) is 40.8 Å². The molecule has 0 saturated carbocycles. The van der Waals surface area contributed by atoms with Crippen molar-refractivity contribution in [2.75, 3.05) is 7.11 Å². The van der Waals surface area contributed by atoms with Gasteiger partial charge >= 0.3 is 5.97 Å². The number of ether oxygens (including phenoxy) is 1. The second-order valence-electron chi connectivity index (χ2n) is 5.62. The first-order valence-electron chi connectivity index (χ1n) is 7.70. The standard InChI is InChI=1S/C18H22N2O4/c1-11(16(19)13-7-5-4-6-8-13)17(21)20-10-14-9-15(12(2)24-14)18(22)23-3/h4-9,11,16H,10,19H2,1-3H3,(H,20,21). The van der Waals surface area contributed by atoms with Crippen LogP contribution in [-0.4, -0.2) is 19.0 Å². The van der Waals surface area contributed by atoms with E-state index in [1.54, 1.807) is 19.9 Å². The average molecular weight is 330 g/mol. The van der Waals surface area contributed by atoms with Crippen molar-refractivity contribution in [3.63, 3.8) is 0 Å². The summed E-state index contributed by atoms with van der Waals surface area (Å²) in [6.07, 6.45) is 0. The summed E-state index contributed by atoms with van der Waals surface area (Å²) in [5.41, 5.74) is 7.41. The highest BCUT2D eigenvalue weighted by Crippen LogP contribution is 2.20. The van der Waals surface area contributed by atoms with Gasteiger partial charge in [0, 0.05) is 6.04 Å². The first kappa shape index (κ1) is 17.7. The summed E-state index contributed by atoms with van der Waals surface area (Å²) in [7, 11) is 1.31. The molecule has 6 heteroatoms. The third-order valence-corrected chi connectivity index (χ3v) is 3.95. The van der Waals surface area contributed by atoms with E-state index in [2.05, 4.69) is 10.1 Å². The zero-order valence-corrected chi connectivity index (χ0v) is 14.0. The first-order valence-corrected chi connectivity index (χ1v) is 7.70. The molecule has 128 valence electrons. The molecule has 1 aromatic heterocycles. The number of aryl methyl sites for hydroxylation is 1. The van der Waals surface area contributed by atoms with Gasteiger partial charge in [-0.2, -0.15) is 0 Å². The van der Waals surface area contributed by atoms with Crippen LogP contribution in [0.1, 0.15) is 40.4 Å². The van der Waals surface area contributed by atoms with E-state index in [-0.39, 0.29) is 12.5 Å². The quantitative estimate of drug-likeness (QED) is 0.793. The molecule has 0 spiro atoms. The van der Waals surface area contributed by atoms with Crippen LogP contribution in [-0.2, 0) is 16.1 Å². The minimum Gasteiger partial charge on any atom is -0.465 e. The van der Waals surface area contributed by atoms with E-state index in [0.717, 1.165) is 5.56 Å². The van der Waals surface area contributed by atoms with Gasteiger partial charge in [0.1, 0.15) is 17.1 Å². The molecule has 2 unspecified atom stereocenters. The Labute approximate surface area is 141 Å². The molecule has 0 radical (unpaired) electrons. The molecule has 24 heavy (non-hydrogen) atoms. The van der Waals surface area contributed by atoms with Gasteiger partial charge in [-0.25, -0.2) is 4.79 Å². The van der Waals surface area contributed by atoms with Gasteiger partial charge in [-0.1, -0.05) is 37.3 Å². The maximum Gasteiger partial charge on any atom is 0.341 e. The molecule has 0 bridgehead atoms. The maximum atomic E-state index is 12.3. The molecule has 0 aliphatic carbocycles. The molecule has 0 saturated heterocycles. The second kappa shape index (κ2) is 7.79. The molecule has 1 heterocycles. The highest BCUT2D eigenvalue weighted by molar-refractivity contribution is 5.90. The lowest BCUT2D eigenvalue weighted by Crippen LogP contribution is -2.35. The lowest BCUT2D eigenvalue weighted by atomic mass is 9.95. The third kappa shape index (κ3) is 4.02. The number of nitrogens with one attached hydrogen (secondary N) is 1. The molecule has 2 aromatic rings. The van der Waals surface area contributed by atoms with Gasteiger partial charge in [-0.3, -0.25) is 4.79 Å². The third-order valence-electron chi connectivity index (χ3n) is 3.95. The average Bonchev–Trinajstić information content (AvgIpc) is 2.99. The monoisotopic (exact) mass is 330 g/mol. The number of benzene rings is 1. The van der Waals surface area contributed by atoms with E-state index >= 15 is 0 Å².